The molecule has 0 unspecified atom stereocenters. The number of rotatable bonds is 5. The molecular weight excluding hydrogens is 304 g/mol. The number of nitrogens with one attached hydrogen (secondary N) is 2. The molecule has 5 heteroatoms. The van der Waals surface area contributed by atoms with Gasteiger partial charge in [0.25, 0.3) is 0 Å². The van der Waals surface area contributed by atoms with Crippen molar-refractivity contribution in [3.63, 3.8) is 0 Å². The topological polar surface area (TPSA) is 33.3 Å². The lowest BCUT2D eigenvalue weighted by molar-refractivity contribution is 0.342. The molecule has 0 atom stereocenters. The Bertz CT molecular complexity index is 601. The second-order valence-corrected chi connectivity index (χ2v) is 5.21. The summed E-state index contributed by atoms with van der Waals surface area (Å²) in [4.78, 5) is 0. The molecule has 0 aromatic heterocycles. The van der Waals surface area contributed by atoms with Crippen molar-refractivity contribution in [2.24, 2.45) is 0 Å². The van der Waals surface area contributed by atoms with Gasteiger partial charge in [-0.2, -0.15) is 0 Å². The molecule has 0 radical (unpaired) electrons. The smallest absolute Gasteiger partial charge is 0.171 e. The van der Waals surface area contributed by atoms with Crippen LogP contribution in [0.3, 0.4) is 0 Å². The number of halogens is 1. The van der Waals surface area contributed by atoms with Gasteiger partial charge in [-0.15, -0.1) is 0 Å². The number of ether oxygens (including phenoxy) is 1. The first-order valence-corrected chi connectivity index (χ1v) is 7.49. The Labute approximate surface area is 135 Å². The number of thiocarbonyl (C=S) groups is 1. The molecule has 0 heterocycles. The van der Waals surface area contributed by atoms with Crippen LogP contribution < -0.4 is 15.4 Å². The fourth-order valence-electron chi connectivity index (χ4n) is 1.80. The molecule has 2 aromatic carbocycles. The molecule has 21 heavy (non-hydrogen) atoms. The van der Waals surface area contributed by atoms with E-state index in [1.165, 1.54) is 0 Å². The highest BCUT2D eigenvalue weighted by molar-refractivity contribution is 7.80. The summed E-state index contributed by atoms with van der Waals surface area (Å²) in [5.41, 5.74) is 1.97. The Morgan fingerprint density at radius 1 is 1.14 bits per heavy atom. The van der Waals surface area contributed by atoms with E-state index in [0.717, 1.165) is 22.0 Å². The molecule has 0 aliphatic carbocycles. The number of benzene rings is 2. The van der Waals surface area contributed by atoms with Crippen LogP contribution in [0.4, 0.5) is 5.69 Å². The molecule has 2 N–H and O–H groups in total. The van der Waals surface area contributed by atoms with Gasteiger partial charge in [0.1, 0.15) is 5.75 Å². The van der Waals surface area contributed by atoms with E-state index in [-0.39, 0.29) is 0 Å². The second-order valence-electron chi connectivity index (χ2n) is 4.36. The van der Waals surface area contributed by atoms with Gasteiger partial charge in [0.15, 0.2) is 5.11 Å². The minimum atomic E-state index is 0.553. The van der Waals surface area contributed by atoms with Crippen LogP contribution in [0.25, 0.3) is 0 Å². The quantitative estimate of drug-likeness (QED) is 0.808. The van der Waals surface area contributed by atoms with E-state index in [0.29, 0.717) is 18.3 Å². The summed E-state index contributed by atoms with van der Waals surface area (Å²) >= 11 is 11.2. The average Bonchev–Trinajstić information content (AvgIpc) is 2.49. The Morgan fingerprint density at radius 3 is 2.57 bits per heavy atom. The molecule has 0 saturated heterocycles. The third-order valence-electron chi connectivity index (χ3n) is 2.80. The van der Waals surface area contributed by atoms with Crippen molar-refractivity contribution in [1.29, 1.82) is 0 Å². The zero-order chi connectivity index (χ0) is 15.1. The summed E-state index contributed by atoms with van der Waals surface area (Å²) in [5.74, 6) is 0.788. The third kappa shape index (κ3) is 4.92. The minimum absolute atomic E-state index is 0.553. The lowest BCUT2D eigenvalue weighted by Gasteiger charge is -2.14. The Balaban J connectivity index is 1.91. The van der Waals surface area contributed by atoms with E-state index in [2.05, 4.69) is 10.6 Å². The maximum absolute atomic E-state index is 5.86. The molecule has 0 spiro atoms. The molecule has 2 aromatic rings. The molecule has 110 valence electrons. The summed E-state index contributed by atoms with van der Waals surface area (Å²) in [6, 6.07) is 15.4. The first-order chi connectivity index (χ1) is 10.2. The maximum atomic E-state index is 5.86. The molecule has 0 aliphatic rings. The van der Waals surface area contributed by atoms with Gasteiger partial charge in [0.05, 0.1) is 12.3 Å². The number of anilines is 1. The molecule has 0 amide bonds. The van der Waals surface area contributed by atoms with Crippen LogP contribution in [0.1, 0.15) is 12.5 Å². The largest absolute Gasteiger partial charge is 0.492 e. The second kappa shape index (κ2) is 7.86. The summed E-state index contributed by atoms with van der Waals surface area (Å²) in [6.07, 6.45) is 0. The van der Waals surface area contributed by atoms with Gasteiger partial charge in [-0.3, -0.25) is 0 Å². The lowest BCUT2D eigenvalue weighted by Crippen LogP contribution is -2.28. The van der Waals surface area contributed by atoms with Crippen molar-refractivity contribution < 1.29 is 4.74 Å². The van der Waals surface area contributed by atoms with Gasteiger partial charge in [0.2, 0.25) is 0 Å². The first kappa shape index (κ1) is 15.6. The van der Waals surface area contributed by atoms with Crippen LogP contribution in [0.15, 0.2) is 48.5 Å². The highest BCUT2D eigenvalue weighted by atomic mass is 35.5. The van der Waals surface area contributed by atoms with Crippen LogP contribution in [0.2, 0.25) is 5.02 Å². The predicted octanol–water partition coefficient (Wildman–Crippen LogP) is 4.23. The Hall–Kier alpha value is -1.78. The standard InChI is InChI=1S/C16H17ClN2OS/c1-2-20-15-6-4-3-5-14(15)19-16(21)18-11-12-7-9-13(17)10-8-12/h3-10H,2,11H2,1H3,(H2,18,19,21). The first-order valence-electron chi connectivity index (χ1n) is 6.70. The summed E-state index contributed by atoms with van der Waals surface area (Å²) < 4.78 is 5.55. The van der Waals surface area contributed by atoms with Gasteiger partial charge in [-0.05, 0) is 49.0 Å². The highest BCUT2D eigenvalue weighted by Gasteiger charge is 2.04. The van der Waals surface area contributed by atoms with Crippen molar-refractivity contribution >= 4 is 34.6 Å². The van der Waals surface area contributed by atoms with Crippen LogP contribution in [-0.4, -0.2) is 11.7 Å². The molecule has 2 rings (SSSR count). The molecule has 0 saturated carbocycles. The molecular formula is C16H17ClN2OS. The third-order valence-corrected chi connectivity index (χ3v) is 3.30. The van der Waals surface area contributed by atoms with E-state index in [1.54, 1.807) is 0 Å². The monoisotopic (exact) mass is 320 g/mol. The highest BCUT2D eigenvalue weighted by Crippen LogP contribution is 2.23. The zero-order valence-corrected chi connectivity index (χ0v) is 13.3. The van der Waals surface area contributed by atoms with Crippen molar-refractivity contribution in [3.8, 4) is 5.75 Å². The zero-order valence-electron chi connectivity index (χ0n) is 11.7. The van der Waals surface area contributed by atoms with E-state index in [4.69, 9.17) is 28.6 Å². The van der Waals surface area contributed by atoms with E-state index < -0.39 is 0 Å². The van der Waals surface area contributed by atoms with Gasteiger partial charge < -0.3 is 15.4 Å². The van der Waals surface area contributed by atoms with Crippen molar-refractivity contribution in [3.05, 3.63) is 59.1 Å². The normalized spacial score (nSPS) is 10.0. The van der Waals surface area contributed by atoms with Crippen LogP contribution in [0.5, 0.6) is 5.75 Å². The number of para-hydroxylation sites is 2. The van der Waals surface area contributed by atoms with Crippen LogP contribution >= 0.6 is 23.8 Å². The van der Waals surface area contributed by atoms with Crippen LogP contribution in [-0.2, 0) is 6.54 Å². The Kier molecular flexibility index (Phi) is 5.84. The van der Waals surface area contributed by atoms with Crippen molar-refractivity contribution in [2.75, 3.05) is 11.9 Å². The SMILES string of the molecule is CCOc1ccccc1NC(=S)NCc1ccc(Cl)cc1. The van der Waals surface area contributed by atoms with E-state index >= 15 is 0 Å². The molecule has 3 nitrogen and oxygen atoms in total. The molecule has 0 aliphatic heterocycles. The van der Waals surface area contributed by atoms with Crippen molar-refractivity contribution in [1.82, 2.24) is 5.32 Å². The van der Waals surface area contributed by atoms with Gasteiger partial charge in [0, 0.05) is 11.6 Å². The van der Waals surface area contributed by atoms with Gasteiger partial charge >= 0.3 is 0 Å². The minimum Gasteiger partial charge on any atom is -0.492 e. The Morgan fingerprint density at radius 2 is 1.86 bits per heavy atom. The van der Waals surface area contributed by atoms with Gasteiger partial charge in [-0.1, -0.05) is 35.9 Å². The van der Waals surface area contributed by atoms with Crippen LogP contribution in [0, 0.1) is 0 Å². The van der Waals surface area contributed by atoms with E-state index in [9.17, 15) is 0 Å². The molecule has 0 bridgehead atoms. The summed E-state index contributed by atoms with van der Waals surface area (Å²) in [7, 11) is 0. The molecule has 0 fully saturated rings. The fourth-order valence-corrected chi connectivity index (χ4v) is 2.11. The predicted molar refractivity (Wildman–Crippen MR) is 92.1 cm³/mol. The summed E-state index contributed by atoms with van der Waals surface area (Å²) in [6.45, 7) is 3.21. The number of hydrogen-bond donors (Lipinski definition) is 2. The lowest BCUT2D eigenvalue weighted by atomic mass is 10.2. The average molecular weight is 321 g/mol. The summed E-state index contributed by atoms with van der Waals surface area (Å²) in [5, 5.41) is 7.58. The maximum Gasteiger partial charge on any atom is 0.171 e. The van der Waals surface area contributed by atoms with Gasteiger partial charge in [-0.25, -0.2) is 0 Å². The van der Waals surface area contributed by atoms with Crippen molar-refractivity contribution in [2.45, 2.75) is 13.5 Å². The number of hydrogen-bond acceptors (Lipinski definition) is 2. The fraction of sp³-hybridized carbons (Fsp3) is 0.188. The van der Waals surface area contributed by atoms with E-state index in [1.807, 2.05) is 55.5 Å².